The fraction of sp³-hybridized carbons (Fsp3) is 0.375. The van der Waals surface area contributed by atoms with Crippen molar-refractivity contribution in [2.24, 2.45) is 0 Å². The molecule has 0 saturated carbocycles. The molecule has 2 aliphatic rings. The molecule has 0 spiro atoms. The smallest absolute Gasteiger partial charge is 0.243 e. The van der Waals surface area contributed by atoms with Gasteiger partial charge in [0.1, 0.15) is 0 Å². The van der Waals surface area contributed by atoms with Crippen molar-refractivity contribution in [2.75, 3.05) is 18.4 Å². The first-order valence-electron chi connectivity index (χ1n) is 10.6. The molecule has 6 heteroatoms. The summed E-state index contributed by atoms with van der Waals surface area (Å²) < 4.78 is 27.6. The van der Waals surface area contributed by atoms with E-state index in [1.165, 1.54) is 36.5 Å². The number of hydrogen-bond donors (Lipinski definition) is 1. The number of rotatable bonds is 5. The van der Waals surface area contributed by atoms with Gasteiger partial charge in [0.25, 0.3) is 0 Å². The van der Waals surface area contributed by atoms with Gasteiger partial charge in [-0.3, -0.25) is 4.79 Å². The van der Waals surface area contributed by atoms with E-state index in [1.54, 1.807) is 28.6 Å². The van der Waals surface area contributed by atoms with Gasteiger partial charge < -0.3 is 5.32 Å². The van der Waals surface area contributed by atoms with Crippen LogP contribution in [0.3, 0.4) is 0 Å². The topological polar surface area (TPSA) is 66.5 Å². The van der Waals surface area contributed by atoms with Crippen molar-refractivity contribution < 1.29 is 13.2 Å². The van der Waals surface area contributed by atoms with E-state index in [0.717, 1.165) is 19.3 Å². The maximum atomic E-state index is 13.0. The Bertz CT molecular complexity index is 1050. The van der Waals surface area contributed by atoms with Crippen molar-refractivity contribution in [3.8, 4) is 0 Å². The number of carbonyl (C=O) groups excluding carboxylic acids is 1. The van der Waals surface area contributed by atoms with Crippen LogP contribution in [0.1, 0.15) is 56.1 Å². The molecule has 5 nitrogen and oxygen atoms in total. The standard InChI is InChI=1S/C24H28N2O3S/c1-18(27)25-23-9-11-24(12-10-23)30(28,29)26-15-13-20(14-16-26)22-8-4-7-21(17-22)19-5-2-3-6-19/h4-5,7-12,17,20H,2-3,6,13-16H2,1H3,(H,25,27). The average molecular weight is 425 g/mol. The van der Waals surface area contributed by atoms with E-state index in [0.29, 0.717) is 24.7 Å². The highest BCUT2D eigenvalue weighted by molar-refractivity contribution is 7.89. The Balaban J connectivity index is 1.42. The SMILES string of the molecule is CC(=O)Nc1ccc(S(=O)(=O)N2CCC(c3cccc(C4=CCCC4)c3)CC2)cc1. The van der Waals surface area contributed by atoms with Gasteiger partial charge in [0.2, 0.25) is 15.9 Å². The number of amides is 1. The molecular formula is C24H28N2O3S. The van der Waals surface area contributed by atoms with E-state index in [9.17, 15) is 13.2 Å². The molecule has 2 aromatic carbocycles. The van der Waals surface area contributed by atoms with E-state index in [4.69, 9.17) is 0 Å². The van der Waals surface area contributed by atoms with Gasteiger partial charge in [0, 0.05) is 25.7 Å². The summed E-state index contributed by atoms with van der Waals surface area (Å²) in [5, 5.41) is 2.66. The molecule has 1 amide bonds. The Morgan fingerprint density at radius 3 is 2.43 bits per heavy atom. The third-order valence-corrected chi connectivity index (χ3v) is 7.95. The van der Waals surface area contributed by atoms with Gasteiger partial charge in [0.05, 0.1) is 4.90 Å². The Morgan fingerprint density at radius 2 is 1.80 bits per heavy atom. The molecule has 1 N–H and O–H groups in total. The Hall–Kier alpha value is -2.44. The third-order valence-electron chi connectivity index (χ3n) is 6.04. The third kappa shape index (κ3) is 4.50. The molecule has 1 aliphatic heterocycles. The number of benzene rings is 2. The lowest BCUT2D eigenvalue weighted by Gasteiger charge is -2.31. The predicted molar refractivity (Wildman–Crippen MR) is 120 cm³/mol. The first-order valence-corrected chi connectivity index (χ1v) is 12.0. The molecule has 4 rings (SSSR count). The molecule has 1 fully saturated rings. The summed E-state index contributed by atoms with van der Waals surface area (Å²) in [5.74, 6) is 0.210. The van der Waals surface area contributed by atoms with E-state index in [-0.39, 0.29) is 10.8 Å². The summed E-state index contributed by atoms with van der Waals surface area (Å²) in [6, 6.07) is 15.2. The quantitative estimate of drug-likeness (QED) is 0.751. The number of allylic oxidation sites excluding steroid dienone is 2. The monoisotopic (exact) mass is 424 g/mol. The Kier molecular flexibility index (Phi) is 6.06. The number of nitrogens with one attached hydrogen (secondary N) is 1. The lowest BCUT2D eigenvalue weighted by atomic mass is 9.88. The van der Waals surface area contributed by atoms with Crippen LogP contribution in [-0.2, 0) is 14.8 Å². The lowest BCUT2D eigenvalue weighted by Crippen LogP contribution is -2.37. The molecule has 1 heterocycles. The van der Waals surface area contributed by atoms with Gasteiger partial charge in [-0.1, -0.05) is 30.3 Å². The summed E-state index contributed by atoms with van der Waals surface area (Å²) in [6.45, 7) is 2.47. The maximum Gasteiger partial charge on any atom is 0.243 e. The summed E-state index contributed by atoms with van der Waals surface area (Å²) in [4.78, 5) is 11.4. The fourth-order valence-corrected chi connectivity index (χ4v) is 5.89. The second-order valence-electron chi connectivity index (χ2n) is 8.13. The normalized spacial score (nSPS) is 18.2. The van der Waals surface area contributed by atoms with Gasteiger partial charge in [-0.05, 0) is 79.0 Å². The van der Waals surface area contributed by atoms with Crippen LogP contribution in [0.15, 0.2) is 59.5 Å². The predicted octanol–water partition coefficient (Wildman–Crippen LogP) is 4.78. The van der Waals surface area contributed by atoms with Crippen molar-refractivity contribution in [2.45, 2.75) is 49.8 Å². The molecule has 158 valence electrons. The zero-order valence-electron chi connectivity index (χ0n) is 17.3. The van der Waals surface area contributed by atoms with E-state index < -0.39 is 10.0 Å². The summed E-state index contributed by atoms with van der Waals surface area (Å²) in [7, 11) is -3.52. The molecule has 1 aliphatic carbocycles. The van der Waals surface area contributed by atoms with E-state index >= 15 is 0 Å². The minimum Gasteiger partial charge on any atom is -0.326 e. The van der Waals surface area contributed by atoms with Crippen LogP contribution in [0, 0.1) is 0 Å². The van der Waals surface area contributed by atoms with Crippen molar-refractivity contribution in [3.05, 3.63) is 65.7 Å². The van der Waals surface area contributed by atoms with E-state index in [2.05, 4.69) is 35.7 Å². The summed E-state index contributed by atoms with van der Waals surface area (Å²) in [5.41, 5.74) is 4.67. The zero-order valence-corrected chi connectivity index (χ0v) is 18.1. The van der Waals surface area contributed by atoms with Crippen LogP contribution in [0.25, 0.3) is 5.57 Å². The molecule has 30 heavy (non-hydrogen) atoms. The van der Waals surface area contributed by atoms with Gasteiger partial charge in [0.15, 0.2) is 0 Å². The molecule has 2 aromatic rings. The molecule has 0 radical (unpaired) electrons. The highest BCUT2D eigenvalue weighted by Crippen LogP contribution is 2.34. The Morgan fingerprint density at radius 1 is 1.07 bits per heavy atom. The van der Waals surface area contributed by atoms with Crippen LogP contribution in [0.2, 0.25) is 0 Å². The minimum absolute atomic E-state index is 0.180. The summed E-state index contributed by atoms with van der Waals surface area (Å²) in [6.07, 6.45) is 7.55. The molecule has 0 aromatic heterocycles. The molecule has 1 saturated heterocycles. The second kappa shape index (κ2) is 8.74. The van der Waals surface area contributed by atoms with Crippen LogP contribution in [-0.4, -0.2) is 31.7 Å². The maximum absolute atomic E-state index is 13.0. The Labute approximate surface area is 178 Å². The number of anilines is 1. The molecule has 0 unspecified atom stereocenters. The molecular weight excluding hydrogens is 396 g/mol. The minimum atomic E-state index is -3.52. The fourth-order valence-electron chi connectivity index (χ4n) is 4.42. The number of hydrogen-bond acceptors (Lipinski definition) is 3. The van der Waals surface area contributed by atoms with Crippen LogP contribution < -0.4 is 5.32 Å². The average Bonchev–Trinajstić information content (AvgIpc) is 3.29. The first-order chi connectivity index (χ1) is 14.4. The van der Waals surface area contributed by atoms with E-state index in [1.807, 2.05) is 0 Å². The summed E-state index contributed by atoms with van der Waals surface area (Å²) >= 11 is 0. The second-order valence-corrected chi connectivity index (χ2v) is 10.1. The molecule has 0 bridgehead atoms. The highest BCUT2D eigenvalue weighted by atomic mass is 32.2. The molecule has 0 atom stereocenters. The number of piperidine rings is 1. The lowest BCUT2D eigenvalue weighted by molar-refractivity contribution is -0.114. The van der Waals surface area contributed by atoms with Crippen LogP contribution in [0.4, 0.5) is 5.69 Å². The number of nitrogens with zero attached hydrogens (tertiary/aromatic N) is 1. The van der Waals surface area contributed by atoms with Gasteiger partial charge >= 0.3 is 0 Å². The largest absolute Gasteiger partial charge is 0.326 e. The van der Waals surface area contributed by atoms with Crippen molar-refractivity contribution in [1.29, 1.82) is 0 Å². The van der Waals surface area contributed by atoms with Gasteiger partial charge in [-0.15, -0.1) is 0 Å². The number of carbonyl (C=O) groups is 1. The zero-order chi connectivity index (χ0) is 21.1. The van der Waals surface area contributed by atoms with Gasteiger partial charge in [-0.25, -0.2) is 8.42 Å². The van der Waals surface area contributed by atoms with Crippen molar-refractivity contribution in [1.82, 2.24) is 4.31 Å². The number of sulfonamides is 1. The van der Waals surface area contributed by atoms with Crippen LogP contribution >= 0.6 is 0 Å². The highest BCUT2D eigenvalue weighted by Gasteiger charge is 2.30. The van der Waals surface area contributed by atoms with Crippen LogP contribution in [0.5, 0.6) is 0 Å². The van der Waals surface area contributed by atoms with Crippen molar-refractivity contribution >= 4 is 27.2 Å². The van der Waals surface area contributed by atoms with Gasteiger partial charge in [-0.2, -0.15) is 4.31 Å². The van der Waals surface area contributed by atoms with Crippen molar-refractivity contribution in [3.63, 3.8) is 0 Å². The first kappa shape index (κ1) is 20.8.